The van der Waals surface area contributed by atoms with Crippen molar-refractivity contribution in [3.63, 3.8) is 0 Å². The molecule has 1 aromatic heterocycles. The van der Waals surface area contributed by atoms with Crippen LogP contribution in [-0.4, -0.2) is 48.8 Å². The fourth-order valence-corrected chi connectivity index (χ4v) is 3.51. The number of rotatable bonds is 4. The fraction of sp³-hybridized carbons (Fsp3) is 0.350. The summed E-state index contributed by atoms with van der Waals surface area (Å²) in [6.45, 7) is 4.52. The highest BCUT2D eigenvalue weighted by atomic mass is 16.3. The summed E-state index contributed by atoms with van der Waals surface area (Å²) in [5.41, 5.74) is 2.13. The number of fused-ring (bicyclic) bond motifs is 2. The first-order valence-electron chi connectivity index (χ1n) is 8.76. The summed E-state index contributed by atoms with van der Waals surface area (Å²) in [5.74, 6) is 0. The van der Waals surface area contributed by atoms with Crippen LogP contribution in [0.1, 0.15) is 5.56 Å². The first-order valence-corrected chi connectivity index (χ1v) is 8.76. The van der Waals surface area contributed by atoms with Crippen molar-refractivity contribution in [3.05, 3.63) is 58.3 Å². The lowest BCUT2D eigenvalue weighted by Gasteiger charge is -2.29. The van der Waals surface area contributed by atoms with Gasteiger partial charge in [-0.1, -0.05) is 18.2 Å². The average Bonchev–Trinajstić information content (AvgIpc) is 2.63. The molecule has 4 rings (SSSR count). The standard InChI is InChI=1S/C20H22N2O3/c23-15(13-22-9-7-21-8-10-22)11-14-5-6-19-17(12-14)20(24)16-3-1-2-4-18(16)25-19/h1-6,12,15,21,23H,7-11,13H2. The van der Waals surface area contributed by atoms with E-state index < -0.39 is 6.10 Å². The Morgan fingerprint density at radius 3 is 2.68 bits per heavy atom. The van der Waals surface area contributed by atoms with Crippen LogP contribution in [-0.2, 0) is 6.42 Å². The lowest BCUT2D eigenvalue weighted by molar-refractivity contribution is 0.105. The summed E-state index contributed by atoms with van der Waals surface area (Å²) in [4.78, 5) is 15.0. The Hall–Kier alpha value is -2.21. The number of hydrogen-bond acceptors (Lipinski definition) is 5. The van der Waals surface area contributed by atoms with Gasteiger partial charge in [-0.15, -0.1) is 0 Å². The Morgan fingerprint density at radius 2 is 1.84 bits per heavy atom. The van der Waals surface area contributed by atoms with Gasteiger partial charge < -0.3 is 14.8 Å². The van der Waals surface area contributed by atoms with Crippen LogP contribution in [0.25, 0.3) is 21.9 Å². The molecule has 2 aromatic carbocycles. The maximum absolute atomic E-state index is 12.7. The third-order valence-corrected chi connectivity index (χ3v) is 4.79. The molecular weight excluding hydrogens is 316 g/mol. The molecule has 5 nitrogen and oxygen atoms in total. The highest BCUT2D eigenvalue weighted by molar-refractivity contribution is 5.89. The van der Waals surface area contributed by atoms with E-state index in [-0.39, 0.29) is 5.43 Å². The van der Waals surface area contributed by atoms with Crippen LogP contribution in [0.5, 0.6) is 0 Å². The van der Waals surface area contributed by atoms with Crippen molar-refractivity contribution >= 4 is 21.9 Å². The van der Waals surface area contributed by atoms with Crippen molar-refractivity contribution in [2.24, 2.45) is 0 Å². The van der Waals surface area contributed by atoms with Crippen LogP contribution >= 0.6 is 0 Å². The summed E-state index contributed by atoms with van der Waals surface area (Å²) >= 11 is 0. The molecule has 1 atom stereocenters. The van der Waals surface area contributed by atoms with Gasteiger partial charge in [0.05, 0.1) is 16.9 Å². The number of benzene rings is 2. The Balaban J connectivity index is 1.59. The molecule has 5 heteroatoms. The highest BCUT2D eigenvalue weighted by Crippen LogP contribution is 2.20. The maximum atomic E-state index is 12.7. The topological polar surface area (TPSA) is 65.7 Å². The fourth-order valence-electron chi connectivity index (χ4n) is 3.51. The summed E-state index contributed by atoms with van der Waals surface area (Å²) < 4.78 is 5.83. The SMILES string of the molecule is O=c1c2ccccc2oc2ccc(CC(O)CN3CCNCC3)cc12. The maximum Gasteiger partial charge on any atom is 0.200 e. The summed E-state index contributed by atoms with van der Waals surface area (Å²) in [7, 11) is 0. The Morgan fingerprint density at radius 1 is 1.08 bits per heavy atom. The zero-order valence-corrected chi connectivity index (χ0v) is 14.1. The first-order chi connectivity index (χ1) is 12.2. The molecule has 2 heterocycles. The summed E-state index contributed by atoms with van der Waals surface area (Å²) in [6, 6.07) is 12.9. The van der Waals surface area contributed by atoms with E-state index in [1.165, 1.54) is 0 Å². The third kappa shape index (κ3) is 3.44. The minimum absolute atomic E-state index is 0.0182. The van der Waals surface area contributed by atoms with E-state index in [9.17, 15) is 9.90 Å². The average molecular weight is 338 g/mol. The second-order valence-corrected chi connectivity index (χ2v) is 6.67. The summed E-state index contributed by atoms with van der Waals surface area (Å²) in [6.07, 6.45) is 0.0922. The lowest BCUT2D eigenvalue weighted by Crippen LogP contribution is -2.46. The largest absolute Gasteiger partial charge is 0.456 e. The van der Waals surface area contributed by atoms with Crippen molar-refractivity contribution in [3.8, 4) is 0 Å². The van der Waals surface area contributed by atoms with Gasteiger partial charge >= 0.3 is 0 Å². The minimum Gasteiger partial charge on any atom is -0.456 e. The zero-order chi connectivity index (χ0) is 17.2. The molecule has 0 saturated carbocycles. The van der Waals surface area contributed by atoms with Gasteiger partial charge in [0, 0.05) is 32.7 Å². The summed E-state index contributed by atoms with van der Waals surface area (Å²) in [5, 5.41) is 14.9. The van der Waals surface area contributed by atoms with Gasteiger partial charge in [0.25, 0.3) is 0 Å². The number of aliphatic hydroxyl groups excluding tert-OH is 1. The van der Waals surface area contributed by atoms with Gasteiger partial charge in [-0.2, -0.15) is 0 Å². The Bertz CT molecular complexity index is 944. The number of aliphatic hydroxyl groups is 1. The Kier molecular flexibility index (Phi) is 4.53. The molecule has 0 spiro atoms. The monoisotopic (exact) mass is 338 g/mol. The van der Waals surface area contributed by atoms with E-state index in [0.29, 0.717) is 34.9 Å². The molecule has 1 unspecified atom stereocenters. The first kappa shape index (κ1) is 16.3. The molecule has 130 valence electrons. The van der Waals surface area contributed by atoms with Crippen LogP contribution in [0.15, 0.2) is 51.7 Å². The molecule has 0 bridgehead atoms. The number of hydrogen-bond donors (Lipinski definition) is 2. The van der Waals surface area contributed by atoms with E-state index in [1.54, 1.807) is 12.1 Å². The number of β-amino-alcohol motifs (C(OH)–C–C–N with tert-alkyl or cyclic N) is 1. The van der Waals surface area contributed by atoms with E-state index in [0.717, 1.165) is 31.7 Å². The number of nitrogens with zero attached hydrogens (tertiary/aromatic N) is 1. The van der Waals surface area contributed by atoms with Crippen molar-refractivity contribution in [2.75, 3.05) is 32.7 Å². The predicted molar refractivity (Wildman–Crippen MR) is 99.0 cm³/mol. The van der Waals surface area contributed by atoms with E-state index in [4.69, 9.17) is 4.42 Å². The van der Waals surface area contributed by atoms with Crippen LogP contribution in [0.2, 0.25) is 0 Å². The molecule has 25 heavy (non-hydrogen) atoms. The van der Waals surface area contributed by atoms with Crippen molar-refractivity contribution in [1.82, 2.24) is 10.2 Å². The molecule has 1 aliphatic rings. The molecule has 0 aliphatic carbocycles. The van der Waals surface area contributed by atoms with Gasteiger partial charge in [-0.3, -0.25) is 9.69 Å². The van der Waals surface area contributed by atoms with Crippen LogP contribution < -0.4 is 10.7 Å². The smallest absolute Gasteiger partial charge is 0.200 e. The number of piperazine rings is 1. The van der Waals surface area contributed by atoms with Gasteiger partial charge in [-0.25, -0.2) is 0 Å². The van der Waals surface area contributed by atoms with Gasteiger partial charge in [0.15, 0.2) is 0 Å². The molecule has 1 fully saturated rings. The molecule has 1 saturated heterocycles. The van der Waals surface area contributed by atoms with Crippen LogP contribution in [0, 0.1) is 0 Å². The normalized spacial score (nSPS) is 17.2. The third-order valence-electron chi connectivity index (χ3n) is 4.79. The molecule has 3 aromatic rings. The van der Waals surface area contributed by atoms with Crippen LogP contribution in [0.3, 0.4) is 0 Å². The predicted octanol–water partition coefficient (Wildman–Crippen LogP) is 1.75. The second kappa shape index (κ2) is 6.96. The molecule has 0 amide bonds. The van der Waals surface area contributed by atoms with E-state index >= 15 is 0 Å². The Labute approximate surface area is 145 Å². The van der Waals surface area contributed by atoms with Crippen molar-refractivity contribution in [2.45, 2.75) is 12.5 Å². The molecule has 0 radical (unpaired) electrons. The van der Waals surface area contributed by atoms with E-state index in [1.807, 2.05) is 30.3 Å². The lowest BCUT2D eigenvalue weighted by atomic mass is 10.0. The quantitative estimate of drug-likeness (QED) is 0.710. The molecule has 1 aliphatic heterocycles. The second-order valence-electron chi connectivity index (χ2n) is 6.67. The van der Waals surface area contributed by atoms with E-state index in [2.05, 4.69) is 10.2 Å². The van der Waals surface area contributed by atoms with Gasteiger partial charge in [0.2, 0.25) is 5.43 Å². The zero-order valence-electron chi connectivity index (χ0n) is 14.1. The number of para-hydroxylation sites is 1. The molecular formula is C20H22N2O3. The highest BCUT2D eigenvalue weighted by Gasteiger charge is 2.15. The van der Waals surface area contributed by atoms with Crippen molar-refractivity contribution in [1.29, 1.82) is 0 Å². The minimum atomic E-state index is -0.442. The molecule has 2 N–H and O–H groups in total. The van der Waals surface area contributed by atoms with Gasteiger partial charge in [-0.05, 0) is 36.2 Å². The van der Waals surface area contributed by atoms with Gasteiger partial charge in [0.1, 0.15) is 11.2 Å². The van der Waals surface area contributed by atoms with Crippen molar-refractivity contribution < 1.29 is 9.52 Å². The number of nitrogens with one attached hydrogen (secondary N) is 1. The van der Waals surface area contributed by atoms with Crippen LogP contribution in [0.4, 0.5) is 0 Å².